The second-order valence-corrected chi connectivity index (χ2v) is 13.2. The summed E-state index contributed by atoms with van der Waals surface area (Å²) in [6, 6.07) is 6.49. The number of benzene rings is 1. The fourth-order valence-electron chi connectivity index (χ4n) is 7.54. The summed E-state index contributed by atoms with van der Waals surface area (Å²) in [7, 11) is 1.47. The minimum atomic E-state index is -0.534. The van der Waals surface area contributed by atoms with Crippen molar-refractivity contribution in [1.29, 1.82) is 0 Å². The molecule has 1 aliphatic carbocycles. The number of pyridine rings is 1. The number of piperazine rings is 1. The zero-order chi connectivity index (χ0) is 30.7. The summed E-state index contributed by atoms with van der Waals surface area (Å²) in [4.78, 5) is 33.7. The van der Waals surface area contributed by atoms with Gasteiger partial charge in [0.15, 0.2) is 5.82 Å². The summed E-state index contributed by atoms with van der Waals surface area (Å²) in [5, 5.41) is 1.11. The van der Waals surface area contributed by atoms with Crippen LogP contribution in [0.5, 0.6) is 6.01 Å². The van der Waals surface area contributed by atoms with E-state index >= 15 is 4.39 Å². The third kappa shape index (κ3) is 5.04. The molecule has 8 rings (SSSR count). The van der Waals surface area contributed by atoms with Crippen molar-refractivity contribution in [2.75, 3.05) is 64.6 Å². The van der Waals surface area contributed by atoms with E-state index in [2.05, 4.69) is 24.8 Å². The normalized spacial score (nSPS) is 24.5. The Morgan fingerprint density at radius 2 is 1.93 bits per heavy atom. The largest absolute Gasteiger partial charge is 0.467 e. The average Bonchev–Trinajstić information content (AvgIpc) is 3.85. The molecule has 6 heterocycles. The number of amides is 1. The van der Waals surface area contributed by atoms with Crippen molar-refractivity contribution < 1.29 is 23.4 Å². The van der Waals surface area contributed by atoms with Crippen LogP contribution in [0.2, 0.25) is 5.02 Å². The van der Waals surface area contributed by atoms with Gasteiger partial charge in [-0.05, 0) is 43.2 Å². The van der Waals surface area contributed by atoms with Crippen LogP contribution in [0.15, 0.2) is 36.5 Å². The Balaban J connectivity index is 1.07. The highest BCUT2D eigenvalue weighted by Gasteiger charge is 2.50. The quantitative estimate of drug-likeness (QED) is 0.355. The smallest absolute Gasteiger partial charge is 0.318 e. The van der Waals surface area contributed by atoms with E-state index < -0.39 is 11.4 Å². The predicted octanol–water partition coefficient (Wildman–Crippen LogP) is 4.21. The van der Waals surface area contributed by atoms with E-state index in [-0.39, 0.29) is 23.1 Å². The second kappa shape index (κ2) is 11.5. The Morgan fingerprint density at radius 3 is 2.64 bits per heavy atom. The van der Waals surface area contributed by atoms with E-state index in [0.717, 1.165) is 51.0 Å². The fraction of sp³-hybridized carbons (Fsp3) is 0.515. The van der Waals surface area contributed by atoms with Gasteiger partial charge in [0.2, 0.25) is 5.91 Å². The topological polar surface area (TPSA) is 93.2 Å². The molecule has 1 spiro atoms. The Hall–Kier alpha value is -3.38. The van der Waals surface area contributed by atoms with Gasteiger partial charge in [-0.1, -0.05) is 29.8 Å². The van der Waals surface area contributed by atoms with E-state index in [4.69, 9.17) is 25.8 Å². The standard InChI is InChI=1S/C33H36ClFN6O4/c1-43-32-37-30-24(14-36-29(28(30)35)23-4-2-5-25(34)27(23)20-7-8-20)31(38-32)39-12-13-41(33(17-39)18-45-19-33)26(42)6-3-11-40-21-9-10-22(40)16-44-15-21/h2-6,14,20-22H,7-13,15-19H2,1H3/b6-3+/t21-,22+. The molecule has 0 N–H and O–H groups in total. The molecule has 10 nitrogen and oxygen atoms in total. The van der Waals surface area contributed by atoms with E-state index in [1.807, 2.05) is 29.2 Å². The van der Waals surface area contributed by atoms with Gasteiger partial charge >= 0.3 is 6.01 Å². The summed E-state index contributed by atoms with van der Waals surface area (Å²) in [6.45, 7) is 4.60. The lowest BCUT2D eigenvalue weighted by atomic mass is 9.91. The van der Waals surface area contributed by atoms with Gasteiger partial charge in [0.25, 0.3) is 0 Å². The molecule has 1 saturated carbocycles. The van der Waals surface area contributed by atoms with Gasteiger partial charge in [-0.2, -0.15) is 9.97 Å². The summed E-state index contributed by atoms with van der Waals surface area (Å²) in [5.41, 5.74) is 1.48. The van der Waals surface area contributed by atoms with Gasteiger partial charge < -0.3 is 24.0 Å². The first kappa shape index (κ1) is 29.1. The Labute approximate surface area is 266 Å². The summed E-state index contributed by atoms with van der Waals surface area (Å²) < 4.78 is 33.2. The summed E-state index contributed by atoms with van der Waals surface area (Å²) in [5.74, 6) is 0.285. The average molecular weight is 635 g/mol. The first-order valence-corrected chi connectivity index (χ1v) is 16.2. The van der Waals surface area contributed by atoms with Gasteiger partial charge in [-0.15, -0.1) is 0 Å². The highest BCUT2D eigenvalue weighted by atomic mass is 35.5. The molecule has 2 bridgehead atoms. The van der Waals surface area contributed by atoms with Crippen molar-refractivity contribution in [2.45, 2.75) is 49.2 Å². The number of rotatable bonds is 7. The minimum Gasteiger partial charge on any atom is -0.467 e. The molecule has 2 atom stereocenters. The van der Waals surface area contributed by atoms with Crippen molar-refractivity contribution in [3.05, 3.63) is 53.0 Å². The molecular weight excluding hydrogens is 599 g/mol. The summed E-state index contributed by atoms with van der Waals surface area (Å²) >= 11 is 6.57. The van der Waals surface area contributed by atoms with Gasteiger partial charge in [-0.25, -0.2) is 4.39 Å². The molecule has 5 fully saturated rings. The molecule has 4 aliphatic heterocycles. The number of anilines is 1. The van der Waals surface area contributed by atoms with Crippen molar-refractivity contribution in [3.63, 3.8) is 0 Å². The van der Waals surface area contributed by atoms with E-state index in [1.54, 1.807) is 12.3 Å². The van der Waals surface area contributed by atoms with Crippen LogP contribution in [0.1, 0.15) is 37.2 Å². The number of halogens is 2. The van der Waals surface area contributed by atoms with Crippen LogP contribution in [0.3, 0.4) is 0 Å². The molecule has 2 aromatic heterocycles. The van der Waals surface area contributed by atoms with E-state index in [9.17, 15) is 4.79 Å². The Morgan fingerprint density at radius 1 is 1.13 bits per heavy atom. The molecular formula is C33H36ClFN6O4. The number of fused-ring (bicyclic) bond motifs is 3. The first-order valence-electron chi connectivity index (χ1n) is 15.8. The number of carbonyl (C=O) groups is 1. The molecule has 4 saturated heterocycles. The molecule has 0 radical (unpaired) electrons. The third-order valence-electron chi connectivity index (χ3n) is 10.0. The lowest BCUT2D eigenvalue weighted by Gasteiger charge is -2.55. The molecule has 1 aromatic carbocycles. The highest BCUT2D eigenvalue weighted by Crippen LogP contribution is 2.48. The van der Waals surface area contributed by atoms with Crippen molar-refractivity contribution in [3.8, 4) is 17.3 Å². The molecule has 1 amide bonds. The van der Waals surface area contributed by atoms with Gasteiger partial charge in [0.05, 0.1) is 38.9 Å². The Bertz CT molecular complexity index is 1660. The molecule has 12 heteroatoms. The zero-order valence-electron chi connectivity index (χ0n) is 25.3. The van der Waals surface area contributed by atoms with Crippen LogP contribution in [0.4, 0.5) is 10.2 Å². The maximum Gasteiger partial charge on any atom is 0.318 e. The zero-order valence-corrected chi connectivity index (χ0v) is 26.0. The molecule has 45 heavy (non-hydrogen) atoms. The minimum absolute atomic E-state index is 0.0194. The second-order valence-electron chi connectivity index (χ2n) is 12.8. The molecule has 5 aliphatic rings. The number of morpholine rings is 1. The maximum absolute atomic E-state index is 16.4. The predicted molar refractivity (Wildman–Crippen MR) is 167 cm³/mol. The van der Waals surface area contributed by atoms with Crippen LogP contribution in [-0.4, -0.2) is 108 Å². The highest BCUT2D eigenvalue weighted by molar-refractivity contribution is 6.32. The van der Waals surface area contributed by atoms with Crippen LogP contribution < -0.4 is 9.64 Å². The van der Waals surface area contributed by atoms with Gasteiger partial charge in [0.1, 0.15) is 22.6 Å². The molecule has 236 valence electrons. The maximum atomic E-state index is 16.4. The number of ether oxygens (including phenoxy) is 3. The molecule has 0 unspecified atom stereocenters. The molecule has 3 aromatic rings. The lowest BCUT2D eigenvalue weighted by Crippen LogP contribution is -2.72. The summed E-state index contributed by atoms with van der Waals surface area (Å²) in [6.07, 6.45) is 9.69. The Kier molecular flexibility index (Phi) is 7.39. The van der Waals surface area contributed by atoms with Crippen LogP contribution in [0, 0.1) is 5.82 Å². The van der Waals surface area contributed by atoms with E-state index in [0.29, 0.717) is 72.6 Å². The number of nitrogens with zero attached hydrogens (tertiary/aromatic N) is 6. The van der Waals surface area contributed by atoms with Crippen molar-refractivity contribution in [2.24, 2.45) is 0 Å². The SMILES string of the molecule is COc1nc(N2CCN(C(=O)/C=C/CN3[C@@H]4CC[C@H]3COC4)C3(COC3)C2)c2cnc(-c3cccc(Cl)c3C3CC3)c(F)c2n1. The first-order chi connectivity index (χ1) is 22.0. The number of carbonyl (C=O) groups excluding carboxylic acids is 1. The lowest BCUT2D eigenvalue weighted by molar-refractivity contribution is -0.164. The van der Waals surface area contributed by atoms with Crippen LogP contribution in [0.25, 0.3) is 22.2 Å². The number of aromatic nitrogens is 3. The van der Waals surface area contributed by atoms with Crippen molar-refractivity contribution in [1.82, 2.24) is 24.8 Å². The van der Waals surface area contributed by atoms with Crippen molar-refractivity contribution >= 4 is 34.2 Å². The van der Waals surface area contributed by atoms with Gasteiger partial charge in [0, 0.05) is 61.1 Å². The van der Waals surface area contributed by atoms with Crippen LogP contribution in [-0.2, 0) is 14.3 Å². The number of hydrogen-bond acceptors (Lipinski definition) is 9. The van der Waals surface area contributed by atoms with E-state index in [1.165, 1.54) is 7.11 Å². The fourth-order valence-corrected chi connectivity index (χ4v) is 7.86. The van der Waals surface area contributed by atoms with Gasteiger partial charge in [-0.3, -0.25) is 14.7 Å². The number of methoxy groups -OCH3 is 1. The van der Waals surface area contributed by atoms with Crippen LogP contribution >= 0.6 is 11.6 Å². The number of hydrogen-bond donors (Lipinski definition) is 0. The monoisotopic (exact) mass is 634 g/mol. The third-order valence-corrected chi connectivity index (χ3v) is 10.4.